The molecule has 0 aliphatic heterocycles. The Morgan fingerprint density at radius 1 is 1.38 bits per heavy atom. The molecule has 3 nitrogen and oxygen atoms in total. The fourth-order valence-electron chi connectivity index (χ4n) is 1.64. The van der Waals surface area contributed by atoms with Crippen molar-refractivity contribution >= 4 is 37.8 Å². The molecule has 1 aromatic rings. The number of halogens is 2. The van der Waals surface area contributed by atoms with E-state index in [0.717, 1.165) is 8.95 Å². The van der Waals surface area contributed by atoms with Gasteiger partial charge in [-0.05, 0) is 47.0 Å². The number of amides is 1. The molecule has 0 saturated heterocycles. The first kappa shape index (κ1) is 12.1. The molecule has 5 heteroatoms. The molecule has 1 saturated carbocycles. The van der Waals surface area contributed by atoms with E-state index in [-0.39, 0.29) is 18.1 Å². The first-order valence-corrected chi connectivity index (χ1v) is 6.59. The molecule has 0 aromatic heterocycles. The summed E-state index contributed by atoms with van der Waals surface area (Å²) in [5.41, 5.74) is 0.615. The summed E-state index contributed by atoms with van der Waals surface area (Å²) >= 11 is 6.68. The number of carbonyl (C=O) groups is 1. The van der Waals surface area contributed by atoms with E-state index >= 15 is 0 Å². The fraction of sp³-hybridized carbons (Fsp3) is 0.364. The second kappa shape index (κ2) is 4.85. The van der Waals surface area contributed by atoms with Crippen LogP contribution in [0.2, 0.25) is 0 Å². The predicted molar refractivity (Wildman–Crippen MR) is 68.3 cm³/mol. The van der Waals surface area contributed by atoms with Gasteiger partial charge in [0.25, 0.3) is 5.91 Å². The largest absolute Gasteiger partial charge is 0.393 e. The molecule has 1 aliphatic carbocycles. The van der Waals surface area contributed by atoms with E-state index in [0.29, 0.717) is 18.4 Å². The van der Waals surface area contributed by atoms with Gasteiger partial charge in [-0.3, -0.25) is 4.79 Å². The molecule has 2 N–H and O–H groups in total. The van der Waals surface area contributed by atoms with Crippen LogP contribution in [0.1, 0.15) is 23.2 Å². The van der Waals surface area contributed by atoms with Crippen LogP contribution in [0.3, 0.4) is 0 Å². The molecule has 2 rings (SSSR count). The van der Waals surface area contributed by atoms with Gasteiger partial charge in [0.15, 0.2) is 0 Å². The number of hydrogen-bond acceptors (Lipinski definition) is 2. The van der Waals surface area contributed by atoms with Crippen molar-refractivity contribution in [2.24, 2.45) is 0 Å². The van der Waals surface area contributed by atoms with Gasteiger partial charge >= 0.3 is 0 Å². The highest BCUT2D eigenvalue weighted by Crippen LogP contribution is 2.24. The molecule has 16 heavy (non-hydrogen) atoms. The van der Waals surface area contributed by atoms with Crippen molar-refractivity contribution in [3.05, 3.63) is 32.7 Å². The van der Waals surface area contributed by atoms with Crippen molar-refractivity contribution in [2.75, 3.05) is 0 Å². The zero-order valence-corrected chi connectivity index (χ0v) is 11.6. The minimum Gasteiger partial charge on any atom is -0.393 e. The molecule has 86 valence electrons. The highest BCUT2D eigenvalue weighted by molar-refractivity contribution is 9.11. The van der Waals surface area contributed by atoms with Gasteiger partial charge in [-0.15, -0.1) is 0 Å². The average molecular weight is 349 g/mol. The number of nitrogens with one attached hydrogen (secondary N) is 1. The Kier molecular flexibility index (Phi) is 3.66. The van der Waals surface area contributed by atoms with Gasteiger partial charge in [-0.2, -0.15) is 0 Å². The number of hydrogen-bond donors (Lipinski definition) is 2. The lowest BCUT2D eigenvalue weighted by atomic mass is 9.89. The molecule has 0 radical (unpaired) electrons. The molecule has 0 unspecified atom stereocenters. The summed E-state index contributed by atoms with van der Waals surface area (Å²) in [6.45, 7) is 0. The van der Waals surface area contributed by atoms with Crippen LogP contribution >= 0.6 is 31.9 Å². The van der Waals surface area contributed by atoms with E-state index in [1.807, 2.05) is 12.1 Å². The lowest BCUT2D eigenvalue weighted by Gasteiger charge is -2.32. The zero-order chi connectivity index (χ0) is 11.7. The molecule has 0 heterocycles. The third kappa shape index (κ3) is 2.64. The number of aliphatic hydroxyl groups excluding tert-OH is 1. The Hall–Kier alpha value is -0.390. The third-order valence-corrected chi connectivity index (χ3v) is 3.77. The quantitative estimate of drug-likeness (QED) is 0.862. The summed E-state index contributed by atoms with van der Waals surface area (Å²) in [4.78, 5) is 11.8. The zero-order valence-electron chi connectivity index (χ0n) is 8.41. The van der Waals surface area contributed by atoms with Gasteiger partial charge < -0.3 is 10.4 Å². The molecule has 1 amide bonds. The molecule has 1 fully saturated rings. The smallest absolute Gasteiger partial charge is 0.252 e. The maximum Gasteiger partial charge on any atom is 0.252 e. The van der Waals surface area contributed by atoms with Gasteiger partial charge in [-0.1, -0.05) is 15.9 Å². The van der Waals surface area contributed by atoms with Gasteiger partial charge in [0, 0.05) is 15.0 Å². The summed E-state index contributed by atoms with van der Waals surface area (Å²) in [6.07, 6.45) is 1.05. The molecule has 1 aromatic carbocycles. The second-order valence-electron chi connectivity index (χ2n) is 3.92. The van der Waals surface area contributed by atoms with Crippen LogP contribution < -0.4 is 5.32 Å². The van der Waals surface area contributed by atoms with Crippen LogP contribution in [-0.2, 0) is 0 Å². The minimum atomic E-state index is -0.251. The van der Waals surface area contributed by atoms with Crippen LogP contribution in [0, 0.1) is 0 Å². The summed E-state index contributed by atoms with van der Waals surface area (Å²) < 4.78 is 1.69. The normalized spacial score (nSPS) is 23.7. The molecular formula is C11H11Br2NO2. The lowest BCUT2D eigenvalue weighted by molar-refractivity contribution is 0.0562. The topological polar surface area (TPSA) is 49.3 Å². The average Bonchev–Trinajstić information content (AvgIpc) is 2.15. The Morgan fingerprint density at radius 2 is 2.06 bits per heavy atom. The minimum absolute atomic E-state index is 0.101. The molecule has 0 spiro atoms. The highest BCUT2D eigenvalue weighted by atomic mass is 79.9. The monoisotopic (exact) mass is 347 g/mol. The fourth-order valence-corrected chi connectivity index (χ4v) is 2.87. The van der Waals surface area contributed by atoms with Crippen LogP contribution in [0.25, 0.3) is 0 Å². The number of benzene rings is 1. The number of aliphatic hydroxyl groups is 1. The van der Waals surface area contributed by atoms with Crippen molar-refractivity contribution < 1.29 is 9.90 Å². The molecule has 1 aliphatic rings. The molecule has 0 atom stereocenters. The first-order chi connectivity index (χ1) is 7.56. The van der Waals surface area contributed by atoms with Gasteiger partial charge in [0.05, 0.1) is 11.7 Å². The van der Waals surface area contributed by atoms with Gasteiger partial charge in [-0.25, -0.2) is 0 Å². The van der Waals surface area contributed by atoms with Gasteiger partial charge in [0.2, 0.25) is 0 Å². The Bertz CT molecular complexity index is 416. The maximum atomic E-state index is 11.8. The summed E-state index contributed by atoms with van der Waals surface area (Å²) in [7, 11) is 0. The SMILES string of the molecule is O=C(NC1CC(O)C1)c1ccc(Br)cc1Br. The van der Waals surface area contributed by atoms with Crippen LogP contribution in [-0.4, -0.2) is 23.2 Å². The first-order valence-electron chi connectivity index (χ1n) is 5.00. The van der Waals surface area contributed by atoms with E-state index < -0.39 is 0 Å². The van der Waals surface area contributed by atoms with Crippen molar-refractivity contribution in [1.82, 2.24) is 5.32 Å². The standard InChI is InChI=1S/C11H11Br2NO2/c12-6-1-2-9(10(13)3-6)11(16)14-7-4-8(15)5-7/h1-3,7-8,15H,4-5H2,(H,14,16). The van der Waals surface area contributed by atoms with E-state index in [1.165, 1.54) is 0 Å². The summed E-state index contributed by atoms with van der Waals surface area (Å²) in [5.74, 6) is -0.101. The third-order valence-electron chi connectivity index (χ3n) is 2.62. The lowest BCUT2D eigenvalue weighted by Crippen LogP contribution is -2.46. The molecule has 0 bridgehead atoms. The van der Waals surface area contributed by atoms with E-state index in [2.05, 4.69) is 37.2 Å². The van der Waals surface area contributed by atoms with E-state index in [4.69, 9.17) is 5.11 Å². The maximum absolute atomic E-state index is 11.8. The van der Waals surface area contributed by atoms with Crippen molar-refractivity contribution in [3.8, 4) is 0 Å². The highest BCUT2D eigenvalue weighted by Gasteiger charge is 2.28. The van der Waals surface area contributed by atoms with Crippen molar-refractivity contribution in [1.29, 1.82) is 0 Å². The number of carbonyl (C=O) groups excluding carboxylic acids is 1. The Morgan fingerprint density at radius 3 is 2.62 bits per heavy atom. The summed E-state index contributed by atoms with van der Waals surface area (Å²) in [5, 5.41) is 12.0. The Balaban J connectivity index is 2.03. The van der Waals surface area contributed by atoms with Crippen molar-refractivity contribution in [2.45, 2.75) is 25.0 Å². The summed E-state index contributed by atoms with van der Waals surface area (Å²) in [6, 6.07) is 5.54. The van der Waals surface area contributed by atoms with E-state index in [9.17, 15) is 4.79 Å². The number of rotatable bonds is 2. The second-order valence-corrected chi connectivity index (χ2v) is 5.69. The van der Waals surface area contributed by atoms with E-state index in [1.54, 1.807) is 6.07 Å². The van der Waals surface area contributed by atoms with Gasteiger partial charge in [0.1, 0.15) is 0 Å². The van der Waals surface area contributed by atoms with Crippen LogP contribution in [0.15, 0.2) is 27.1 Å². The molecular weight excluding hydrogens is 338 g/mol. The predicted octanol–water partition coefficient (Wildman–Crippen LogP) is 2.46. The van der Waals surface area contributed by atoms with Crippen LogP contribution in [0.4, 0.5) is 0 Å². The van der Waals surface area contributed by atoms with Crippen molar-refractivity contribution in [3.63, 3.8) is 0 Å². The Labute approximate surface area is 110 Å². The van der Waals surface area contributed by atoms with Crippen LogP contribution in [0.5, 0.6) is 0 Å².